The lowest BCUT2D eigenvalue weighted by atomic mass is 9.92. The Bertz CT molecular complexity index is 498. The zero-order valence-corrected chi connectivity index (χ0v) is 10.3. The van der Waals surface area contributed by atoms with Crippen molar-refractivity contribution >= 4 is 5.91 Å². The Labute approximate surface area is 105 Å². The number of nitrogens with one attached hydrogen (secondary N) is 1. The first-order valence-electron chi connectivity index (χ1n) is 6.11. The maximum Gasteiger partial charge on any atom is 0.272 e. The minimum atomic E-state index is -0.491. The molecule has 0 radical (unpaired) electrons. The number of rotatable bonds is 2. The summed E-state index contributed by atoms with van der Waals surface area (Å²) in [6, 6.07) is 2.48. The number of carbonyl (C=O) groups excluding carboxylic acids is 1. The average Bonchev–Trinajstić information content (AvgIpc) is 2.35. The standard InChI is InChI=1S/C12H17N3O3/c1-15-11(17)7-6-9(14-15)12(18)13-8-4-2-3-5-10(8)16/h6-8,10,16H,2-5H2,1H3,(H,13,18)/t8-,10-/m0/s1. The zero-order chi connectivity index (χ0) is 13.1. The highest BCUT2D eigenvalue weighted by Crippen LogP contribution is 2.18. The van der Waals surface area contributed by atoms with Crippen LogP contribution in [-0.2, 0) is 7.05 Å². The van der Waals surface area contributed by atoms with Crippen LogP contribution in [0.5, 0.6) is 0 Å². The maximum atomic E-state index is 11.9. The van der Waals surface area contributed by atoms with Gasteiger partial charge in [0, 0.05) is 13.1 Å². The molecular weight excluding hydrogens is 234 g/mol. The zero-order valence-electron chi connectivity index (χ0n) is 10.3. The highest BCUT2D eigenvalue weighted by atomic mass is 16.3. The molecule has 2 rings (SSSR count). The van der Waals surface area contributed by atoms with Crippen LogP contribution in [0.4, 0.5) is 0 Å². The predicted octanol–water partition coefficient (Wildman–Crippen LogP) is -0.186. The summed E-state index contributed by atoms with van der Waals surface area (Å²) in [6.45, 7) is 0. The van der Waals surface area contributed by atoms with Gasteiger partial charge in [0.05, 0.1) is 12.1 Å². The SMILES string of the molecule is Cn1nc(C(=O)N[C@H]2CCCC[C@@H]2O)ccc1=O. The summed E-state index contributed by atoms with van der Waals surface area (Å²) in [4.78, 5) is 23.1. The van der Waals surface area contributed by atoms with Crippen molar-refractivity contribution in [3.05, 3.63) is 28.2 Å². The topological polar surface area (TPSA) is 84.2 Å². The van der Waals surface area contributed by atoms with Crippen LogP contribution in [0.25, 0.3) is 0 Å². The molecular formula is C12H17N3O3. The largest absolute Gasteiger partial charge is 0.391 e. The molecule has 1 aliphatic rings. The summed E-state index contributed by atoms with van der Waals surface area (Å²) in [7, 11) is 1.49. The molecule has 2 atom stereocenters. The van der Waals surface area contributed by atoms with Crippen molar-refractivity contribution in [1.29, 1.82) is 0 Å². The number of hydrogen-bond acceptors (Lipinski definition) is 4. The molecule has 98 valence electrons. The van der Waals surface area contributed by atoms with Crippen molar-refractivity contribution in [2.45, 2.75) is 37.8 Å². The first-order valence-corrected chi connectivity index (χ1v) is 6.11. The van der Waals surface area contributed by atoms with Gasteiger partial charge in [0.1, 0.15) is 5.69 Å². The second kappa shape index (κ2) is 5.30. The van der Waals surface area contributed by atoms with Crippen LogP contribution < -0.4 is 10.9 Å². The van der Waals surface area contributed by atoms with Crippen molar-refractivity contribution < 1.29 is 9.90 Å². The van der Waals surface area contributed by atoms with Gasteiger partial charge < -0.3 is 10.4 Å². The number of aromatic nitrogens is 2. The van der Waals surface area contributed by atoms with E-state index in [1.54, 1.807) is 0 Å². The molecule has 6 nitrogen and oxygen atoms in total. The average molecular weight is 251 g/mol. The minimum Gasteiger partial charge on any atom is -0.391 e. The van der Waals surface area contributed by atoms with Gasteiger partial charge in [0.25, 0.3) is 11.5 Å². The summed E-state index contributed by atoms with van der Waals surface area (Å²) in [6.07, 6.45) is 2.99. The first kappa shape index (κ1) is 12.8. The highest BCUT2D eigenvalue weighted by Gasteiger charge is 2.25. The molecule has 0 unspecified atom stereocenters. The summed E-state index contributed by atoms with van der Waals surface area (Å²) >= 11 is 0. The van der Waals surface area contributed by atoms with E-state index < -0.39 is 6.10 Å². The molecule has 18 heavy (non-hydrogen) atoms. The predicted molar refractivity (Wildman–Crippen MR) is 65.2 cm³/mol. The van der Waals surface area contributed by atoms with Gasteiger partial charge in [-0.3, -0.25) is 9.59 Å². The van der Waals surface area contributed by atoms with Crippen molar-refractivity contribution in [3.63, 3.8) is 0 Å². The number of amides is 1. The van der Waals surface area contributed by atoms with Gasteiger partial charge in [-0.05, 0) is 18.9 Å². The van der Waals surface area contributed by atoms with Crippen LogP contribution in [-0.4, -0.2) is 32.9 Å². The molecule has 0 aliphatic heterocycles. The molecule has 1 aromatic heterocycles. The van der Waals surface area contributed by atoms with Crippen molar-refractivity contribution in [2.24, 2.45) is 7.05 Å². The second-order valence-electron chi connectivity index (χ2n) is 4.61. The van der Waals surface area contributed by atoms with Gasteiger partial charge in [-0.2, -0.15) is 5.10 Å². The summed E-state index contributed by atoms with van der Waals surface area (Å²) in [5, 5.41) is 16.4. The molecule has 1 fully saturated rings. The normalized spacial score (nSPS) is 23.7. The van der Waals surface area contributed by atoms with Gasteiger partial charge in [0.15, 0.2) is 0 Å². The minimum absolute atomic E-state index is 0.190. The quantitative estimate of drug-likeness (QED) is 0.763. The van der Waals surface area contributed by atoms with E-state index in [1.807, 2.05) is 0 Å². The third-order valence-corrected chi connectivity index (χ3v) is 3.24. The number of hydrogen-bond donors (Lipinski definition) is 2. The highest BCUT2D eigenvalue weighted by molar-refractivity contribution is 5.92. The Kier molecular flexibility index (Phi) is 3.76. The fourth-order valence-electron chi connectivity index (χ4n) is 2.15. The Balaban J connectivity index is 2.07. The van der Waals surface area contributed by atoms with Crippen LogP contribution in [0.1, 0.15) is 36.2 Å². The van der Waals surface area contributed by atoms with Gasteiger partial charge in [-0.25, -0.2) is 4.68 Å². The Morgan fingerprint density at radius 1 is 1.44 bits per heavy atom. The van der Waals surface area contributed by atoms with Gasteiger partial charge >= 0.3 is 0 Å². The lowest BCUT2D eigenvalue weighted by molar-refractivity contribution is 0.0712. The van der Waals surface area contributed by atoms with E-state index in [-0.39, 0.29) is 23.2 Å². The molecule has 0 saturated heterocycles. The van der Waals surface area contributed by atoms with Gasteiger partial charge in [0.2, 0.25) is 0 Å². The number of nitrogens with zero attached hydrogens (tertiary/aromatic N) is 2. The van der Waals surface area contributed by atoms with Gasteiger partial charge in [-0.15, -0.1) is 0 Å². The van der Waals surface area contributed by atoms with E-state index in [2.05, 4.69) is 10.4 Å². The van der Waals surface area contributed by atoms with E-state index in [4.69, 9.17) is 0 Å². The van der Waals surface area contributed by atoms with Crippen LogP contribution >= 0.6 is 0 Å². The summed E-state index contributed by atoms with van der Waals surface area (Å²) in [5.74, 6) is -0.350. The molecule has 1 aromatic rings. The van der Waals surface area contributed by atoms with Crippen molar-refractivity contribution in [3.8, 4) is 0 Å². The fraction of sp³-hybridized carbons (Fsp3) is 0.583. The molecule has 2 N–H and O–H groups in total. The third kappa shape index (κ3) is 2.76. The summed E-state index contributed by atoms with van der Waals surface area (Å²) in [5.41, 5.74) is -0.0703. The van der Waals surface area contributed by atoms with E-state index in [9.17, 15) is 14.7 Å². The molecule has 6 heteroatoms. The lowest BCUT2D eigenvalue weighted by Gasteiger charge is -2.28. The number of aliphatic hydroxyl groups excluding tert-OH is 1. The Morgan fingerprint density at radius 3 is 2.83 bits per heavy atom. The fourth-order valence-corrected chi connectivity index (χ4v) is 2.15. The maximum absolute atomic E-state index is 11.9. The van der Waals surface area contributed by atoms with Crippen LogP contribution in [0, 0.1) is 0 Å². The first-order chi connectivity index (χ1) is 8.58. The molecule has 0 bridgehead atoms. The van der Waals surface area contributed by atoms with Crippen LogP contribution in [0.2, 0.25) is 0 Å². The monoisotopic (exact) mass is 251 g/mol. The molecule has 1 aliphatic carbocycles. The number of aryl methyl sites for hydroxylation is 1. The number of carbonyl (C=O) groups is 1. The Hall–Kier alpha value is -1.69. The van der Waals surface area contributed by atoms with Crippen LogP contribution in [0.3, 0.4) is 0 Å². The lowest BCUT2D eigenvalue weighted by Crippen LogP contribution is -2.45. The molecule has 1 heterocycles. The van der Waals surface area contributed by atoms with E-state index in [1.165, 1.54) is 19.2 Å². The second-order valence-corrected chi connectivity index (χ2v) is 4.61. The molecule has 1 saturated carbocycles. The smallest absolute Gasteiger partial charge is 0.272 e. The molecule has 0 spiro atoms. The van der Waals surface area contributed by atoms with E-state index in [0.29, 0.717) is 6.42 Å². The molecule has 0 aromatic carbocycles. The van der Waals surface area contributed by atoms with Crippen LogP contribution in [0.15, 0.2) is 16.9 Å². The van der Waals surface area contributed by atoms with Crippen molar-refractivity contribution in [1.82, 2.24) is 15.1 Å². The third-order valence-electron chi connectivity index (χ3n) is 3.24. The van der Waals surface area contributed by atoms with E-state index >= 15 is 0 Å². The number of aliphatic hydroxyl groups is 1. The van der Waals surface area contributed by atoms with E-state index in [0.717, 1.165) is 23.9 Å². The summed E-state index contributed by atoms with van der Waals surface area (Å²) < 4.78 is 1.12. The van der Waals surface area contributed by atoms with Gasteiger partial charge in [-0.1, -0.05) is 12.8 Å². The molecule has 1 amide bonds. The van der Waals surface area contributed by atoms with Crippen molar-refractivity contribution in [2.75, 3.05) is 0 Å². The Morgan fingerprint density at radius 2 is 2.17 bits per heavy atom.